The summed E-state index contributed by atoms with van der Waals surface area (Å²) in [5.41, 5.74) is 0.391. The van der Waals surface area contributed by atoms with E-state index in [2.05, 4.69) is 0 Å². The van der Waals surface area contributed by atoms with Gasteiger partial charge in [-0.3, -0.25) is 19.7 Å². The number of nitrogens with zero attached hydrogens (tertiary/aromatic N) is 2. The van der Waals surface area contributed by atoms with Crippen LogP contribution < -0.4 is 4.90 Å². The number of amides is 1. The lowest BCUT2D eigenvalue weighted by atomic mass is 10.1. The van der Waals surface area contributed by atoms with Crippen molar-refractivity contribution in [1.82, 2.24) is 0 Å². The van der Waals surface area contributed by atoms with Crippen LogP contribution in [0.3, 0.4) is 0 Å². The molecule has 7 heteroatoms. The second kappa shape index (κ2) is 5.03. The Bertz CT molecular complexity index is 819. The number of nitro benzene ring substituents is 1. The first-order chi connectivity index (χ1) is 10.5. The van der Waals surface area contributed by atoms with E-state index in [1.165, 1.54) is 24.3 Å². The molecule has 0 atom stereocenters. The van der Waals surface area contributed by atoms with Crippen LogP contribution in [-0.2, 0) is 11.3 Å². The number of Topliss-reactive ketones (excluding diaryl/α,β-unsaturated/α-hetero) is 1. The fraction of sp³-hybridized carbons (Fsp3) is 0.0667. The summed E-state index contributed by atoms with van der Waals surface area (Å²) in [6, 6.07) is 9.41. The number of halogens is 1. The van der Waals surface area contributed by atoms with Crippen LogP contribution >= 0.6 is 0 Å². The van der Waals surface area contributed by atoms with Crippen molar-refractivity contribution in [2.75, 3.05) is 4.90 Å². The number of anilines is 1. The smallest absolute Gasteiger partial charge is 0.299 e. The highest BCUT2D eigenvalue weighted by atomic mass is 19.1. The van der Waals surface area contributed by atoms with Crippen molar-refractivity contribution >= 4 is 23.1 Å². The highest BCUT2D eigenvalue weighted by Gasteiger charge is 2.36. The Labute approximate surface area is 123 Å². The first kappa shape index (κ1) is 13.9. The molecule has 22 heavy (non-hydrogen) atoms. The Hall–Kier alpha value is -3.09. The minimum atomic E-state index is -0.821. The molecule has 0 aromatic heterocycles. The molecular formula is C15H9FN2O4. The second-order valence-electron chi connectivity index (χ2n) is 4.77. The number of rotatable bonds is 3. The molecule has 2 aromatic rings. The number of carbonyl (C=O) groups excluding carboxylic acids is 2. The number of ketones is 1. The molecule has 0 spiro atoms. The summed E-state index contributed by atoms with van der Waals surface area (Å²) in [5, 5.41) is 11.0. The standard InChI is InChI=1S/C15H9FN2O4/c16-10-5-6-13-11(7-10)14(19)15(20)17(13)8-9-3-1-2-4-12(9)18(21)22/h1-7H,8H2. The van der Waals surface area contributed by atoms with E-state index in [-0.39, 0.29) is 23.5 Å². The van der Waals surface area contributed by atoms with Crippen molar-refractivity contribution in [3.8, 4) is 0 Å². The molecule has 1 aliphatic heterocycles. The zero-order valence-electron chi connectivity index (χ0n) is 11.2. The number of benzene rings is 2. The number of para-hydroxylation sites is 1. The molecule has 0 fully saturated rings. The maximum atomic E-state index is 13.2. The van der Waals surface area contributed by atoms with Crippen molar-refractivity contribution in [2.45, 2.75) is 6.54 Å². The van der Waals surface area contributed by atoms with Crippen LogP contribution in [-0.4, -0.2) is 16.6 Å². The van der Waals surface area contributed by atoms with E-state index in [4.69, 9.17) is 0 Å². The van der Waals surface area contributed by atoms with Gasteiger partial charge in [0.05, 0.1) is 22.7 Å². The molecule has 2 aromatic carbocycles. The molecule has 0 saturated carbocycles. The predicted octanol–water partition coefficient (Wildman–Crippen LogP) is 2.46. The third-order valence-electron chi connectivity index (χ3n) is 3.45. The number of hydrogen-bond acceptors (Lipinski definition) is 4. The van der Waals surface area contributed by atoms with E-state index in [0.29, 0.717) is 5.56 Å². The summed E-state index contributed by atoms with van der Waals surface area (Å²) in [7, 11) is 0. The molecule has 1 heterocycles. The Kier molecular flexibility index (Phi) is 3.17. The number of hydrogen-bond donors (Lipinski definition) is 0. The highest BCUT2D eigenvalue weighted by molar-refractivity contribution is 6.52. The largest absolute Gasteiger partial charge is 0.300 e. The zero-order valence-corrected chi connectivity index (χ0v) is 11.2. The monoisotopic (exact) mass is 300 g/mol. The van der Waals surface area contributed by atoms with Crippen LogP contribution in [0.5, 0.6) is 0 Å². The number of carbonyl (C=O) groups is 2. The molecule has 110 valence electrons. The van der Waals surface area contributed by atoms with Gasteiger partial charge >= 0.3 is 0 Å². The van der Waals surface area contributed by atoms with Crippen molar-refractivity contribution in [3.63, 3.8) is 0 Å². The van der Waals surface area contributed by atoms with Crippen LogP contribution in [0.4, 0.5) is 15.8 Å². The van der Waals surface area contributed by atoms with Crippen molar-refractivity contribution in [1.29, 1.82) is 0 Å². The van der Waals surface area contributed by atoms with E-state index in [1.807, 2.05) is 0 Å². The van der Waals surface area contributed by atoms with Gasteiger partial charge in [-0.2, -0.15) is 0 Å². The van der Waals surface area contributed by atoms with Crippen LogP contribution in [0.15, 0.2) is 42.5 Å². The summed E-state index contributed by atoms with van der Waals surface area (Å²) < 4.78 is 13.2. The fourth-order valence-electron chi connectivity index (χ4n) is 2.42. The molecule has 0 aliphatic carbocycles. The van der Waals surface area contributed by atoms with E-state index in [1.54, 1.807) is 6.07 Å². The van der Waals surface area contributed by atoms with Crippen LogP contribution in [0.2, 0.25) is 0 Å². The van der Waals surface area contributed by atoms with E-state index < -0.39 is 22.4 Å². The number of nitro groups is 1. The fourth-order valence-corrected chi connectivity index (χ4v) is 2.42. The minimum Gasteiger partial charge on any atom is -0.300 e. The lowest BCUT2D eigenvalue weighted by Crippen LogP contribution is -2.29. The summed E-state index contributed by atoms with van der Waals surface area (Å²) in [4.78, 5) is 35.5. The summed E-state index contributed by atoms with van der Waals surface area (Å²) >= 11 is 0. The SMILES string of the molecule is O=C1C(=O)N(Cc2ccccc2[N+](=O)[O-])c2ccc(F)cc21. The maximum absolute atomic E-state index is 13.2. The predicted molar refractivity (Wildman–Crippen MR) is 75.0 cm³/mol. The Morgan fingerprint density at radius 2 is 1.86 bits per heavy atom. The number of fused-ring (bicyclic) bond motifs is 1. The quantitative estimate of drug-likeness (QED) is 0.495. The van der Waals surface area contributed by atoms with Gasteiger partial charge in [-0.25, -0.2) is 4.39 Å². The van der Waals surface area contributed by atoms with Crippen LogP contribution in [0.1, 0.15) is 15.9 Å². The molecule has 0 saturated heterocycles. The topological polar surface area (TPSA) is 80.5 Å². The van der Waals surface area contributed by atoms with Gasteiger partial charge in [-0.1, -0.05) is 18.2 Å². The molecule has 6 nitrogen and oxygen atoms in total. The second-order valence-corrected chi connectivity index (χ2v) is 4.77. The van der Waals surface area contributed by atoms with Gasteiger partial charge in [-0.05, 0) is 18.2 Å². The van der Waals surface area contributed by atoms with Crippen molar-refractivity contribution in [2.24, 2.45) is 0 Å². The van der Waals surface area contributed by atoms with E-state index in [9.17, 15) is 24.1 Å². The third kappa shape index (κ3) is 2.12. The third-order valence-corrected chi connectivity index (χ3v) is 3.45. The maximum Gasteiger partial charge on any atom is 0.299 e. The van der Waals surface area contributed by atoms with Gasteiger partial charge in [0, 0.05) is 11.6 Å². The molecule has 0 N–H and O–H groups in total. The van der Waals surface area contributed by atoms with Gasteiger partial charge in [0.2, 0.25) is 0 Å². The highest BCUT2D eigenvalue weighted by Crippen LogP contribution is 2.32. The summed E-state index contributed by atoms with van der Waals surface area (Å²) in [6.07, 6.45) is 0. The Morgan fingerprint density at radius 1 is 1.14 bits per heavy atom. The average Bonchev–Trinajstić information content (AvgIpc) is 2.72. The van der Waals surface area contributed by atoms with Gasteiger partial charge in [0.25, 0.3) is 17.4 Å². The molecular weight excluding hydrogens is 291 g/mol. The van der Waals surface area contributed by atoms with E-state index >= 15 is 0 Å². The van der Waals surface area contributed by atoms with Gasteiger partial charge in [0.15, 0.2) is 0 Å². The summed E-state index contributed by atoms with van der Waals surface area (Å²) in [5.74, 6) is -2.25. The molecule has 0 bridgehead atoms. The van der Waals surface area contributed by atoms with Crippen LogP contribution in [0.25, 0.3) is 0 Å². The minimum absolute atomic E-state index is 0.0245. The molecule has 3 rings (SSSR count). The molecule has 1 amide bonds. The van der Waals surface area contributed by atoms with Gasteiger partial charge in [-0.15, -0.1) is 0 Å². The summed E-state index contributed by atoms with van der Waals surface area (Å²) in [6.45, 7) is -0.125. The average molecular weight is 300 g/mol. The lowest BCUT2D eigenvalue weighted by Gasteiger charge is -2.16. The lowest BCUT2D eigenvalue weighted by molar-refractivity contribution is -0.385. The van der Waals surface area contributed by atoms with Crippen molar-refractivity contribution < 1.29 is 18.9 Å². The van der Waals surface area contributed by atoms with Gasteiger partial charge in [0.1, 0.15) is 5.82 Å². The van der Waals surface area contributed by atoms with Crippen molar-refractivity contribution in [3.05, 3.63) is 69.5 Å². The first-order valence-electron chi connectivity index (χ1n) is 6.37. The normalized spacial score (nSPS) is 13.4. The molecule has 0 radical (unpaired) electrons. The van der Waals surface area contributed by atoms with Crippen LogP contribution in [0, 0.1) is 15.9 Å². The van der Waals surface area contributed by atoms with E-state index in [0.717, 1.165) is 17.0 Å². The first-order valence-corrected chi connectivity index (χ1v) is 6.37. The molecule has 1 aliphatic rings. The Balaban J connectivity index is 2.03. The van der Waals surface area contributed by atoms with Gasteiger partial charge < -0.3 is 4.90 Å². The molecule has 0 unspecified atom stereocenters. The zero-order chi connectivity index (χ0) is 15.9. The Morgan fingerprint density at radius 3 is 2.59 bits per heavy atom.